The average molecular weight is 431 g/mol. The molecule has 0 aliphatic carbocycles. The Hall–Kier alpha value is -2.97. The lowest BCUT2D eigenvalue weighted by Gasteiger charge is -2.12. The van der Waals surface area contributed by atoms with Crippen molar-refractivity contribution in [3.8, 4) is 0 Å². The molecule has 9 heteroatoms. The van der Waals surface area contributed by atoms with Crippen molar-refractivity contribution in [2.75, 3.05) is 7.11 Å². The molecule has 1 aromatic carbocycles. The third-order valence-corrected chi connectivity index (χ3v) is 5.40. The SMILES string of the molecule is COC(=O)c1ccc(CSc2nc3cc(Cl)ccc3c(=O)n2Cc2ccco2)o1. The Kier molecular flexibility index (Phi) is 5.46. The van der Waals surface area contributed by atoms with Gasteiger partial charge in [-0.25, -0.2) is 9.78 Å². The Labute approximate surface area is 174 Å². The highest BCUT2D eigenvalue weighted by Crippen LogP contribution is 2.25. The van der Waals surface area contributed by atoms with Crippen LogP contribution in [0.1, 0.15) is 22.1 Å². The van der Waals surface area contributed by atoms with Crippen LogP contribution in [0, 0.1) is 0 Å². The number of thioether (sulfide) groups is 1. The van der Waals surface area contributed by atoms with E-state index in [1.807, 2.05) is 0 Å². The number of nitrogens with zero attached hydrogens (tertiary/aromatic N) is 2. The molecule has 0 N–H and O–H groups in total. The Morgan fingerprint density at radius 3 is 2.86 bits per heavy atom. The van der Waals surface area contributed by atoms with Gasteiger partial charge in [-0.15, -0.1) is 0 Å². The smallest absolute Gasteiger partial charge is 0.373 e. The predicted molar refractivity (Wildman–Crippen MR) is 108 cm³/mol. The molecular weight excluding hydrogens is 416 g/mol. The van der Waals surface area contributed by atoms with Gasteiger partial charge in [0.1, 0.15) is 11.5 Å². The van der Waals surface area contributed by atoms with Crippen molar-refractivity contribution in [3.05, 3.63) is 81.4 Å². The topological polar surface area (TPSA) is 87.5 Å². The van der Waals surface area contributed by atoms with E-state index >= 15 is 0 Å². The van der Waals surface area contributed by atoms with Gasteiger partial charge in [-0.05, 0) is 42.5 Å². The fourth-order valence-electron chi connectivity index (χ4n) is 2.78. The molecule has 7 nitrogen and oxygen atoms in total. The number of furan rings is 2. The van der Waals surface area contributed by atoms with Crippen LogP contribution in [0.3, 0.4) is 0 Å². The first kappa shape index (κ1) is 19.4. The lowest BCUT2D eigenvalue weighted by atomic mass is 10.2. The molecule has 4 aromatic rings. The van der Waals surface area contributed by atoms with Gasteiger partial charge in [0.05, 0.1) is 36.6 Å². The maximum absolute atomic E-state index is 13.1. The fourth-order valence-corrected chi connectivity index (χ4v) is 3.84. The number of carbonyl (C=O) groups excluding carboxylic acids is 1. The van der Waals surface area contributed by atoms with E-state index < -0.39 is 5.97 Å². The number of carbonyl (C=O) groups is 1. The van der Waals surface area contributed by atoms with Crippen molar-refractivity contribution in [2.24, 2.45) is 0 Å². The van der Waals surface area contributed by atoms with Gasteiger partial charge in [0.25, 0.3) is 5.56 Å². The predicted octanol–water partition coefficient (Wildman–Crippen LogP) is 4.36. The van der Waals surface area contributed by atoms with E-state index in [4.69, 9.17) is 20.4 Å². The van der Waals surface area contributed by atoms with Crippen LogP contribution in [0.4, 0.5) is 0 Å². The molecule has 4 rings (SSSR count). The minimum atomic E-state index is -0.547. The largest absolute Gasteiger partial charge is 0.467 e. The molecule has 29 heavy (non-hydrogen) atoms. The summed E-state index contributed by atoms with van der Waals surface area (Å²) >= 11 is 7.38. The third-order valence-electron chi connectivity index (χ3n) is 4.17. The normalized spacial score (nSPS) is 11.1. The summed E-state index contributed by atoms with van der Waals surface area (Å²) in [5.74, 6) is 1.13. The van der Waals surface area contributed by atoms with Crippen LogP contribution in [0.5, 0.6) is 0 Å². The van der Waals surface area contributed by atoms with Gasteiger partial charge in [0.15, 0.2) is 5.16 Å². The van der Waals surface area contributed by atoms with E-state index in [9.17, 15) is 9.59 Å². The molecule has 0 aliphatic rings. The number of aromatic nitrogens is 2. The summed E-state index contributed by atoms with van der Waals surface area (Å²) in [6.07, 6.45) is 1.55. The fraction of sp³-hybridized carbons (Fsp3) is 0.150. The van der Waals surface area contributed by atoms with Crippen molar-refractivity contribution >= 4 is 40.2 Å². The van der Waals surface area contributed by atoms with Gasteiger partial charge in [-0.2, -0.15) is 0 Å². The minimum absolute atomic E-state index is 0.120. The Balaban J connectivity index is 1.70. The molecule has 148 valence electrons. The minimum Gasteiger partial charge on any atom is -0.467 e. The van der Waals surface area contributed by atoms with Crippen molar-refractivity contribution in [1.82, 2.24) is 9.55 Å². The van der Waals surface area contributed by atoms with Gasteiger partial charge in [-0.1, -0.05) is 23.4 Å². The summed E-state index contributed by atoms with van der Waals surface area (Å²) in [5, 5.41) is 1.45. The van der Waals surface area contributed by atoms with Crippen molar-refractivity contribution in [2.45, 2.75) is 17.5 Å². The van der Waals surface area contributed by atoms with Crippen LogP contribution in [0.2, 0.25) is 5.02 Å². The molecule has 0 radical (unpaired) electrons. The third kappa shape index (κ3) is 4.08. The highest BCUT2D eigenvalue weighted by atomic mass is 35.5. The van der Waals surface area contributed by atoms with Crippen LogP contribution >= 0.6 is 23.4 Å². The lowest BCUT2D eigenvalue weighted by molar-refractivity contribution is 0.0563. The number of fused-ring (bicyclic) bond motifs is 1. The number of hydrogen-bond donors (Lipinski definition) is 0. The maximum Gasteiger partial charge on any atom is 0.373 e. The van der Waals surface area contributed by atoms with Crippen molar-refractivity contribution in [1.29, 1.82) is 0 Å². The molecule has 3 heterocycles. The van der Waals surface area contributed by atoms with E-state index in [1.165, 1.54) is 18.9 Å². The lowest BCUT2D eigenvalue weighted by Crippen LogP contribution is -2.23. The Morgan fingerprint density at radius 2 is 2.10 bits per heavy atom. The summed E-state index contributed by atoms with van der Waals surface area (Å²) in [6.45, 7) is 0.241. The first-order valence-corrected chi connectivity index (χ1v) is 9.94. The summed E-state index contributed by atoms with van der Waals surface area (Å²) in [7, 11) is 1.29. The molecule has 0 unspecified atom stereocenters. The summed E-state index contributed by atoms with van der Waals surface area (Å²) in [5.41, 5.74) is 0.315. The first-order valence-electron chi connectivity index (χ1n) is 8.57. The van der Waals surface area contributed by atoms with Crippen molar-refractivity contribution in [3.63, 3.8) is 0 Å². The number of methoxy groups -OCH3 is 1. The molecule has 3 aromatic heterocycles. The van der Waals surface area contributed by atoms with Crippen LogP contribution in [-0.4, -0.2) is 22.6 Å². The number of rotatable bonds is 6. The molecule has 0 atom stereocenters. The monoisotopic (exact) mass is 430 g/mol. The van der Waals surface area contributed by atoms with E-state index in [0.717, 1.165) is 0 Å². The van der Waals surface area contributed by atoms with Gasteiger partial charge < -0.3 is 13.6 Å². The number of hydrogen-bond acceptors (Lipinski definition) is 7. The van der Waals surface area contributed by atoms with Crippen LogP contribution in [0.15, 0.2) is 67.5 Å². The second kappa shape index (κ2) is 8.18. The van der Waals surface area contributed by atoms with E-state index in [2.05, 4.69) is 9.72 Å². The standard InChI is InChI=1S/C20H15ClN2O5S/c1-26-19(25)17-7-5-14(28-17)11-29-20-22-16-9-12(21)4-6-15(16)18(24)23(20)10-13-3-2-8-27-13/h2-9H,10-11H2,1H3. The highest BCUT2D eigenvalue weighted by molar-refractivity contribution is 7.98. The Bertz CT molecular complexity index is 1230. The van der Waals surface area contributed by atoms with Crippen LogP contribution in [-0.2, 0) is 17.0 Å². The van der Waals surface area contributed by atoms with E-state index in [1.54, 1.807) is 53.3 Å². The van der Waals surface area contributed by atoms with Gasteiger partial charge in [-0.3, -0.25) is 9.36 Å². The second-order valence-electron chi connectivity index (χ2n) is 6.07. The molecule has 0 fully saturated rings. The molecular formula is C20H15ClN2O5S. The number of halogens is 1. The molecule has 0 amide bonds. The first-order chi connectivity index (χ1) is 14.0. The van der Waals surface area contributed by atoms with Gasteiger partial charge >= 0.3 is 5.97 Å². The summed E-state index contributed by atoms with van der Waals surface area (Å²) in [6, 6.07) is 11.8. The quantitative estimate of drug-likeness (QED) is 0.255. The Morgan fingerprint density at radius 1 is 1.24 bits per heavy atom. The van der Waals surface area contributed by atoms with E-state index in [-0.39, 0.29) is 17.9 Å². The van der Waals surface area contributed by atoms with Crippen LogP contribution in [0.25, 0.3) is 10.9 Å². The average Bonchev–Trinajstić information content (AvgIpc) is 3.40. The molecule has 0 bridgehead atoms. The summed E-state index contributed by atoms with van der Waals surface area (Å²) < 4.78 is 17.1. The van der Waals surface area contributed by atoms with Crippen LogP contribution < -0.4 is 5.56 Å². The van der Waals surface area contributed by atoms with Crippen molar-refractivity contribution < 1.29 is 18.4 Å². The zero-order valence-corrected chi connectivity index (χ0v) is 16.8. The zero-order chi connectivity index (χ0) is 20.4. The zero-order valence-electron chi connectivity index (χ0n) is 15.3. The summed E-state index contributed by atoms with van der Waals surface area (Å²) in [4.78, 5) is 29.2. The number of ether oxygens (including phenoxy) is 1. The maximum atomic E-state index is 13.1. The van der Waals surface area contributed by atoms with E-state index in [0.29, 0.717) is 38.4 Å². The number of esters is 1. The second-order valence-corrected chi connectivity index (χ2v) is 7.45. The molecule has 0 saturated heterocycles. The van der Waals surface area contributed by atoms with Gasteiger partial charge in [0, 0.05) is 5.02 Å². The molecule has 0 spiro atoms. The molecule has 0 saturated carbocycles. The molecule has 0 aliphatic heterocycles. The highest BCUT2D eigenvalue weighted by Gasteiger charge is 2.16. The number of benzene rings is 1. The van der Waals surface area contributed by atoms with Gasteiger partial charge in [0.2, 0.25) is 5.76 Å².